The summed E-state index contributed by atoms with van der Waals surface area (Å²) in [6.45, 7) is 1.46. The van der Waals surface area contributed by atoms with E-state index in [9.17, 15) is 9.65 Å². The Labute approximate surface area is 150 Å². The molecule has 4 rings (SSSR count). The Balaban J connectivity index is 1.57. The van der Waals surface area contributed by atoms with Gasteiger partial charge in [-0.1, -0.05) is 0 Å². The van der Waals surface area contributed by atoms with Crippen LogP contribution in [0.2, 0.25) is 0 Å². The van der Waals surface area contributed by atoms with Crippen LogP contribution in [0.15, 0.2) is 48.9 Å². The fourth-order valence-electron chi connectivity index (χ4n) is 3.38. The highest BCUT2D eigenvalue weighted by Crippen LogP contribution is 2.32. The van der Waals surface area contributed by atoms with Crippen LogP contribution >= 0.6 is 0 Å². The van der Waals surface area contributed by atoms with Gasteiger partial charge in [0.25, 0.3) is 0 Å². The largest absolute Gasteiger partial charge is 0.489 e. The molecule has 0 aliphatic carbocycles. The first-order valence-corrected chi connectivity index (χ1v) is 8.54. The van der Waals surface area contributed by atoms with Crippen molar-refractivity contribution in [3.8, 4) is 11.8 Å². The first kappa shape index (κ1) is 16.3. The third kappa shape index (κ3) is 3.16. The number of fused-ring (bicyclic) bond motifs is 1. The van der Waals surface area contributed by atoms with Crippen molar-refractivity contribution in [1.29, 1.82) is 5.26 Å². The smallest absolute Gasteiger partial charge is 0.137 e. The molecule has 130 valence electrons. The van der Waals surface area contributed by atoms with Gasteiger partial charge in [-0.25, -0.2) is 4.39 Å². The Hall–Kier alpha value is -3.20. The van der Waals surface area contributed by atoms with Gasteiger partial charge in [0.1, 0.15) is 23.7 Å². The molecular weight excluding hydrogens is 331 g/mol. The zero-order chi connectivity index (χ0) is 17.9. The fourth-order valence-corrected chi connectivity index (χ4v) is 3.38. The van der Waals surface area contributed by atoms with Crippen LogP contribution < -0.4 is 9.64 Å². The Morgan fingerprint density at radius 2 is 2.04 bits per heavy atom. The lowest BCUT2D eigenvalue weighted by molar-refractivity contribution is 0.170. The normalized spacial score (nSPS) is 15.0. The van der Waals surface area contributed by atoms with Crippen molar-refractivity contribution in [2.75, 3.05) is 18.0 Å². The Morgan fingerprint density at radius 3 is 2.77 bits per heavy atom. The third-order valence-electron chi connectivity index (χ3n) is 4.62. The van der Waals surface area contributed by atoms with Gasteiger partial charge < -0.3 is 9.64 Å². The maximum absolute atomic E-state index is 13.8. The van der Waals surface area contributed by atoms with Crippen LogP contribution in [0.5, 0.6) is 5.75 Å². The molecule has 5 nitrogen and oxygen atoms in total. The molecule has 1 saturated heterocycles. The second kappa shape index (κ2) is 6.96. The summed E-state index contributed by atoms with van der Waals surface area (Å²) in [6.07, 6.45) is 6.73. The third-order valence-corrected chi connectivity index (χ3v) is 4.62. The molecule has 3 heterocycles. The number of halogens is 1. The van der Waals surface area contributed by atoms with Crippen molar-refractivity contribution in [3.05, 3.63) is 60.3 Å². The van der Waals surface area contributed by atoms with E-state index in [1.807, 2.05) is 12.1 Å². The minimum atomic E-state index is -0.328. The minimum Gasteiger partial charge on any atom is -0.489 e. The van der Waals surface area contributed by atoms with Crippen LogP contribution in [-0.2, 0) is 0 Å². The molecule has 0 amide bonds. The molecule has 0 saturated carbocycles. The number of nitriles is 1. The summed E-state index contributed by atoms with van der Waals surface area (Å²) in [5.41, 5.74) is 1.92. The molecule has 0 atom stereocenters. The summed E-state index contributed by atoms with van der Waals surface area (Å²) in [6, 6.07) is 10.4. The van der Waals surface area contributed by atoms with Crippen molar-refractivity contribution in [2.45, 2.75) is 18.9 Å². The van der Waals surface area contributed by atoms with Gasteiger partial charge in [0.15, 0.2) is 0 Å². The van der Waals surface area contributed by atoms with Gasteiger partial charge in [-0.15, -0.1) is 0 Å². The molecule has 1 aromatic carbocycles. The molecule has 0 spiro atoms. The highest BCUT2D eigenvalue weighted by atomic mass is 19.1. The highest BCUT2D eigenvalue weighted by molar-refractivity contribution is 5.94. The van der Waals surface area contributed by atoms with E-state index in [1.165, 1.54) is 12.1 Å². The van der Waals surface area contributed by atoms with E-state index < -0.39 is 0 Å². The Kier molecular flexibility index (Phi) is 4.36. The van der Waals surface area contributed by atoms with Crippen molar-refractivity contribution in [1.82, 2.24) is 9.97 Å². The first-order valence-electron chi connectivity index (χ1n) is 8.54. The van der Waals surface area contributed by atoms with Crippen LogP contribution in [0, 0.1) is 17.1 Å². The maximum atomic E-state index is 13.8. The number of aromatic nitrogens is 2. The van der Waals surface area contributed by atoms with E-state index in [2.05, 4.69) is 20.9 Å². The first-order chi connectivity index (χ1) is 12.7. The lowest BCUT2D eigenvalue weighted by Crippen LogP contribution is -2.38. The van der Waals surface area contributed by atoms with Crippen LogP contribution in [-0.4, -0.2) is 29.2 Å². The average molecular weight is 348 g/mol. The monoisotopic (exact) mass is 348 g/mol. The van der Waals surface area contributed by atoms with Crippen molar-refractivity contribution >= 4 is 16.6 Å². The zero-order valence-electron chi connectivity index (χ0n) is 14.1. The van der Waals surface area contributed by atoms with E-state index in [1.54, 1.807) is 24.7 Å². The van der Waals surface area contributed by atoms with Crippen LogP contribution in [0.1, 0.15) is 18.4 Å². The van der Waals surface area contributed by atoms with Gasteiger partial charge in [0, 0.05) is 43.7 Å². The summed E-state index contributed by atoms with van der Waals surface area (Å²) < 4.78 is 19.7. The van der Waals surface area contributed by atoms with Gasteiger partial charge in [0.2, 0.25) is 0 Å². The van der Waals surface area contributed by atoms with Crippen LogP contribution in [0.3, 0.4) is 0 Å². The minimum absolute atomic E-state index is 0.103. The van der Waals surface area contributed by atoms with E-state index in [0.717, 1.165) is 37.4 Å². The van der Waals surface area contributed by atoms with E-state index in [4.69, 9.17) is 4.74 Å². The maximum Gasteiger partial charge on any atom is 0.137 e. The topological polar surface area (TPSA) is 62.0 Å². The molecule has 1 aliphatic heterocycles. The van der Waals surface area contributed by atoms with Gasteiger partial charge in [-0.05, 0) is 30.3 Å². The van der Waals surface area contributed by atoms with Crippen molar-refractivity contribution < 1.29 is 9.13 Å². The highest BCUT2D eigenvalue weighted by Gasteiger charge is 2.24. The lowest BCUT2D eigenvalue weighted by Gasteiger charge is -2.34. The van der Waals surface area contributed by atoms with Crippen molar-refractivity contribution in [2.24, 2.45) is 0 Å². The SMILES string of the molecule is N#Cc1cnc2ccc(F)cc2c1N1CCC(Oc2cccnc2)CC1. The molecule has 3 aromatic rings. The van der Waals surface area contributed by atoms with E-state index >= 15 is 0 Å². The molecule has 0 bridgehead atoms. The summed E-state index contributed by atoms with van der Waals surface area (Å²) in [4.78, 5) is 10.5. The number of nitrogens with zero attached hydrogens (tertiary/aromatic N) is 4. The average Bonchev–Trinajstić information content (AvgIpc) is 2.68. The van der Waals surface area contributed by atoms with Crippen LogP contribution in [0.25, 0.3) is 10.9 Å². The van der Waals surface area contributed by atoms with Gasteiger partial charge in [0.05, 0.1) is 23.0 Å². The van der Waals surface area contributed by atoms with Gasteiger partial charge in [-0.2, -0.15) is 5.26 Å². The lowest BCUT2D eigenvalue weighted by atomic mass is 10.0. The molecule has 1 fully saturated rings. The predicted octanol–water partition coefficient (Wildman–Crippen LogP) is 3.69. The second-order valence-electron chi connectivity index (χ2n) is 6.29. The van der Waals surface area contributed by atoms with E-state index in [-0.39, 0.29) is 11.9 Å². The molecule has 0 unspecified atom stereocenters. The number of rotatable bonds is 3. The van der Waals surface area contributed by atoms with Gasteiger partial charge in [-0.3, -0.25) is 9.97 Å². The van der Waals surface area contributed by atoms with Gasteiger partial charge >= 0.3 is 0 Å². The Bertz CT molecular complexity index is 963. The Morgan fingerprint density at radius 1 is 1.19 bits per heavy atom. The standard InChI is InChI=1S/C20H17FN4O/c21-15-3-4-19-18(10-15)20(14(11-22)12-24-19)25-8-5-16(6-9-25)26-17-2-1-7-23-13-17/h1-4,7,10,12-13,16H,5-6,8-9H2. The molecule has 0 N–H and O–H groups in total. The number of benzene rings is 1. The molecule has 2 aromatic heterocycles. The second-order valence-corrected chi connectivity index (χ2v) is 6.29. The van der Waals surface area contributed by atoms with Crippen molar-refractivity contribution in [3.63, 3.8) is 0 Å². The molecular formula is C20H17FN4O. The number of anilines is 1. The number of piperidine rings is 1. The molecule has 0 radical (unpaired) electrons. The quantitative estimate of drug-likeness (QED) is 0.722. The molecule has 1 aliphatic rings. The van der Waals surface area contributed by atoms with E-state index in [0.29, 0.717) is 16.5 Å². The fraction of sp³-hybridized carbons (Fsp3) is 0.250. The summed E-state index contributed by atoms with van der Waals surface area (Å²) in [7, 11) is 0. The van der Waals surface area contributed by atoms with Crippen LogP contribution in [0.4, 0.5) is 10.1 Å². The number of hydrogen-bond acceptors (Lipinski definition) is 5. The summed E-state index contributed by atoms with van der Waals surface area (Å²) in [5, 5.41) is 10.2. The summed E-state index contributed by atoms with van der Waals surface area (Å²) >= 11 is 0. The summed E-state index contributed by atoms with van der Waals surface area (Å²) in [5.74, 6) is 0.436. The zero-order valence-corrected chi connectivity index (χ0v) is 14.1. The number of pyridine rings is 2. The number of ether oxygens (including phenoxy) is 1. The molecule has 26 heavy (non-hydrogen) atoms. The molecule has 6 heteroatoms. The number of hydrogen-bond donors (Lipinski definition) is 0. The predicted molar refractivity (Wildman–Crippen MR) is 96.5 cm³/mol.